The van der Waals surface area contributed by atoms with Gasteiger partial charge in [-0.3, -0.25) is 9.17 Å². The molecule has 2 N–H and O–H groups in total. The normalized spacial score (nSPS) is 11.3. The van der Waals surface area contributed by atoms with Crippen molar-refractivity contribution in [2.75, 3.05) is 7.11 Å². The molecule has 78 valence electrons. The summed E-state index contributed by atoms with van der Waals surface area (Å²) < 4.78 is 30.3. The smallest absolute Gasteiger partial charge is 0.333 e. The fourth-order valence-electron chi connectivity index (χ4n) is 0.855. The predicted octanol–water partition coefficient (Wildman–Crippen LogP) is -0.190. The minimum atomic E-state index is -3.94. The molecule has 1 aromatic heterocycles. The molecule has 1 aromatic rings. The maximum atomic E-state index is 10.5. The Labute approximate surface area is 81.9 Å². The third kappa shape index (κ3) is 3.29. The lowest BCUT2D eigenvalue weighted by atomic mass is 10.3. The fraction of sp³-hybridized carbons (Fsp3) is 0.286. The van der Waals surface area contributed by atoms with Crippen LogP contribution in [0.3, 0.4) is 0 Å². The van der Waals surface area contributed by atoms with E-state index in [9.17, 15) is 8.42 Å². The van der Waals surface area contributed by atoms with Gasteiger partial charge in [0.25, 0.3) is 0 Å². The maximum absolute atomic E-state index is 10.5. The van der Waals surface area contributed by atoms with Gasteiger partial charge in [0.1, 0.15) is 18.1 Å². The van der Waals surface area contributed by atoms with Crippen molar-refractivity contribution < 1.29 is 17.3 Å². The summed E-state index contributed by atoms with van der Waals surface area (Å²) in [4.78, 5) is 3.88. The summed E-state index contributed by atoms with van der Waals surface area (Å²) >= 11 is 0. The van der Waals surface area contributed by atoms with E-state index in [1.807, 2.05) is 0 Å². The molecular formula is C7H10N2O4S. The Morgan fingerprint density at radius 2 is 2.29 bits per heavy atom. The molecule has 0 aliphatic heterocycles. The van der Waals surface area contributed by atoms with Crippen LogP contribution in [0.1, 0.15) is 5.69 Å². The van der Waals surface area contributed by atoms with E-state index in [0.717, 1.165) is 0 Å². The minimum Gasteiger partial charge on any atom is -0.495 e. The van der Waals surface area contributed by atoms with Gasteiger partial charge in [0.05, 0.1) is 7.11 Å². The molecule has 14 heavy (non-hydrogen) atoms. The van der Waals surface area contributed by atoms with E-state index in [1.54, 1.807) is 12.1 Å². The van der Waals surface area contributed by atoms with E-state index in [-0.39, 0.29) is 6.61 Å². The predicted molar refractivity (Wildman–Crippen MR) is 48.7 cm³/mol. The highest BCUT2D eigenvalue weighted by molar-refractivity contribution is 7.84. The van der Waals surface area contributed by atoms with E-state index in [4.69, 9.17) is 4.74 Å². The molecule has 1 rings (SSSR count). The topological polar surface area (TPSA) is 91.5 Å². The molecule has 0 fully saturated rings. The van der Waals surface area contributed by atoms with Crippen LogP contribution in [0.2, 0.25) is 0 Å². The van der Waals surface area contributed by atoms with Crippen molar-refractivity contribution >= 4 is 10.3 Å². The van der Waals surface area contributed by atoms with Crippen molar-refractivity contribution in [1.82, 2.24) is 4.98 Å². The van der Waals surface area contributed by atoms with Crippen LogP contribution in [0.15, 0.2) is 18.3 Å². The number of hydrogen-bond donors (Lipinski definition) is 1. The molecule has 0 saturated carbocycles. The van der Waals surface area contributed by atoms with E-state index >= 15 is 0 Å². The summed E-state index contributed by atoms with van der Waals surface area (Å²) in [7, 11) is -2.49. The number of rotatable bonds is 4. The molecule has 0 aliphatic carbocycles. The van der Waals surface area contributed by atoms with Gasteiger partial charge in [-0.2, -0.15) is 8.42 Å². The first kappa shape index (κ1) is 10.9. The molecule has 0 aliphatic rings. The van der Waals surface area contributed by atoms with Gasteiger partial charge in [-0.25, -0.2) is 5.14 Å². The molecule has 0 unspecified atom stereocenters. The Bertz CT molecular complexity index is 404. The summed E-state index contributed by atoms with van der Waals surface area (Å²) in [5.74, 6) is 0.455. The number of methoxy groups -OCH3 is 1. The third-order valence-electron chi connectivity index (χ3n) is 1.43. The molecule has 0 amide bonds. The van der Waals surface area contributed by atoms with E-state index in [0.29, 0.717) is 11.4 Å². The van der Waals surface area contributed by atoms with Gasteiger partial charge in [0, 0.05) is 6.20 Å². The Balaban J connectivity index is 2.76. The van der Waals surface area contributed by atoms with Crippen LogP contribution in [0.4, 0.5) is 0 Å². The molecular weight excluding hydrogens is 208 g/mol. The molecule has 0 spiro atoms. The van der Waals surface area contributed by atoms with Gasteiger partial charge in [-0.15, -0.1) is 0 Å². The Hall–Kier alpha value is -1.18. The second-order valence-corrected chi connectivity index (χ2v) is 3.63. The zero-order chi connectivity index (χ0) is 10.6. The second kappa shape index (κ2) is 4.36. The van der Waals surface area contributed by atoms with Crippen molar-refractivity contribution in [2.24, 2.45) is 5.14 Å². The van der Waals surface area contributed by atoms with E-state index in [1.165, 1.54) is 13.3 Å². The molecule has 0 aromatic carbocycles. The second-order valence-electron chi connectivity index (χ2n) is 2.41. The lowest BCUT2D eigenvalue weighted by Crippen LogP contribution is -2.16. The summed E-state index contributed by atoms with van der Waals surface area (Å²) in [5.41, 5.74) is 0.379. The highest BCUT2D eigenvalue weighted by Crippen LogP contribution is 2.15. The van der Waals surface area contributed by atoms with Crippen molar-refractivity contribution in [2.45, 2.75) is 6.61 Å². The first-order valence-corrected chi connectivity index (χ1v) is 5.15. The molecule has 0 atom stereocenters. The number of ether oxygens (including phenoxy) is 1. The number of hydrogen-bond acceptors (Lipinski definition) is 5. The average molecular weight is 218 g/mol. The number of pyridine rings is 1. The Morgan fingerprint density at radius 1 is 1.57 bits per heavy atom. The monoisotopic (exact) mass is 218 g/mol. The van der Waals surface area contributed by atoms with Crippen molar-refractivity contribution in [3.63, 3.8) is 0 Å². The average Bonchev–Trinajstić information content (AvgIpc) is 2.14. The Morgan fingerprint density at radius 3 is 2.86 bits per heavy atom. The van der Waals surface area contributed by atoms with Crippen LogP contribution < -0.4 is 9.88 Å². The highest BCUT2D eigenvalue weighted by atomic mass is 32.2. The first-order chi connectivity index (χ1) is 6.53. The van der Waals surface area contributed by atoms with Crippen LogP contribution in [-0.4, -0.2) is 20.5 Å². The van der Waals surface area contributed by atoms with Gasteiger partial charge in [0.15, 0.2) is 0 Å². The van der Waals surface area contributed by atoms with E-state index < -0.39 is 10.3 Å². The molecule has 0 bridgehead atoms. The largest absolute Gasteiger partial charge is 0.495 e. The summed E-state index contributed by atoms with van der Waals surface area (Å²) in [6.07, 6.45) is 1.50. The summed E-state index contributed by atoms with van der Waals surface area (Å²) in [6.45, 7) is -0.233. The Kier molecular flexibility index (Phi) is 3.39. The highest BCUT2D eigenvalue weighted by Gasteiger charge is 2.08. The maximum Gasteiger partial charge on any atom is 0.333 e. The van der Waals surface area contributed by atoms with Crippen LogP contribution in [0.25, 0.3) is 0 Å². The van der Waals surface area contributed by atoms with Crippen molar-refractivity contribution in [3.8, 4) is 5.75 Å². The van der Waals surface area contributed by atoms with Gasteiger partial charge >= 0.3 is 10.3 Å². The van der Waals surface area contributed by atoms with Crippen molar-refractivity contribution in [1.29, 1.82) is 0 Å². The van der Waals surface area contributed by atoms with Crippen LogP contribution in [0, 0.1) is 0 Å². The van der Waals surface area contributed by atoms with Gasteiger partial charge < -0.3 is 4.74 Å². The van der Waals surface area contributed by atoms with Crippen LogP contribution in [0.5, 0.6) is 5.75 Å². The number of nitrogens with zero attached hydrogens (tertiary/aromatic N) is 1. The van der Waals surface area contributed by atoms with Gasteiger partial charge in [0.2, 0.25) is 0 Å². The zero-order valence-corrected chi connectivity index (χ0v) is 8.32. The molecule has 6 nitrogen and oxygen atoms in total. The standard InChI is InChI=1S/C7H10N2O4S/c1-12-7-3-2-4-9-6(7)5-13-14(8,10)11/h2-4H,5H2,1H3,(H2,8,10,11). The number of nitrogens with two attached hydrogens (primary N) is 1. The van der Waals surface area contributed by atoms with Crippen LogP contribution >= 0.6 is 0 Å². The third-order valence-corrected chi connectivity index (χ3v) is 1.87. The van der Waals surface area contributed by atoms with Gasteiger partial charge in [-0.05, 0) is 12.1 Å². The quantitative estimate of drug-likeness (QED) is 0.756. The fourth-order valence-corrected chi connectivity index (χ4v) is 1.13. The van der Waals surface area contributed by atoms with Crippen LogP contribution in [-0.2, 0) is 21.1 Å². The SMILES string of the molecule is COc1cccnc1COS(N)(=O)=O. The zero-order valence-electron chi connectivity index (χ0n) is 7.50. The molecule has 0 radical (unpaired) electrons. The van der Waals surface area contributed by atoms with E-state index in [2.05, 4.69) is 14.3 Å². The first-order valence-electron chi connectivity index (χ1n) is 3.68. The molecule has 7 heteroatoms. The lowest BCUT2D eigenvalue weighted by Gasteiger charge is -2.05. The summed E-state index contributed by atoms with van der Waals surface area (Å²) in [6, 6.07) is 3.31. The molecule has 0 saturated heterocycles. The molecule has 1 heterocycles. The lowest BCUT2D eigenvalue weighted by molar-refractivity contribution is 0.294. The van der Waals surface area contributed by atoms with Crippen molar-refractivity contribution in [3.05, 3.63) is 24.0 Å². The number of aromatic nitrogens is 1. The minimum absolute atomic E-state index is 0.233. The van der Waals surface area contributed by atoms with Gasteiger partial charge in [-0.1, -0.05) is 0 Å². The summed E-state index contributed by atoms with van der Waals surface area (Å²) in [5, 5.41) is 4.66.